The molecule has 1 saturated carbocycles. The van der Waals surface area contributed by atoms with Crippen LogP contribution in [0.2, 0.25) is 0 Å². The van der Waals surface area contributed by atoms with Crippen LogP contribution in [0.15, 0.2) is 22.2 Å². The van der Waals surface area contributed by atoms with Gasteiger partial charge in [-0.3, -0.25) is 20.4 Å². The van der Waals surface area contributed by atoms with Crippen LogP contribution in [-0.2, 0) is 0 Å². The molecule has 1 aliphatic rings. The first-order valence-electron chi connectivity index (χ1n) is 5.70. The van der Waals surface area contributed by atoms with E-state index in [9.17, 15) is 9.59 Å². The molecule has 8 heteroatoms. The van der Waals surface area contributed by atoms with Gasteiger partial charge in [0.05, 0.1) is 5.69 Å². The van der Waals surface area contributed by atoms with Gasteiger partial charge in [0.25, 0.3) is 11.8 Å². The molecular formula is C11H10N4O3S. The van der Waals surface area contributed by atoms with Crippen LogP contribution in [0.3, 0.4) is 0 Å². The molecule has 0 unspecified atom stereocenters. The summed E-state index contributed by atoms with van der Waals surface area (Å²) in [5.41, 5.74) is 5.58. The Hall–Kier alpha value is -2.22. The Bertz CT molecular complexity index is 603. The first-order chi connectivity index (χ1) is 9.24. The van der Waals surface area contributed by atoms with Crippen molar-refractivity contribution in [2.45, 2.75) is 18.8 Å². The maximum absolute atomic E-state index is 11.8. The van der Waals surface area contributed by atoms with E-state index < -0.39 is 11.8 Å². The molecule has 2 amide bonds. The van der Waals surface area contributed by atoms with Gasteiger partial charge in [-0.2, -0.15) is 0 Å². The van der Waals surface area contributed by atoms with Gasteiger partial charge in [-0.1, -0.05) is 5.16 Å². The molecule has 0 bridgehead atoms. The van der Waals surface area contributed by atoms with Crippen molar-refractivity contribution in [2.75, 3.05) is 0 Å². The Morgan fingerprint density at radius 2 is 2.11 bits per heavy atom. The van der Waals surface area contributed by atoms with Crippen molar-refractivity contribution in [3.05, 3.63) is 34.1 Å². The Labute approximate surface area is 112 Å². The van der Waals surface area contributed by atoms with Gasteiger partial charge in [-0.15, -0.1) is 11.3 Å². The summed E-state index contributed by atoms with van der Waals surface area (Å²) in [4.78, 5) is 27.5. The minimum atomic E-state index is -0.541. The summed E-state index contributed by atoms with van der Waals surface area (Å²) in [6, 6.07) is 1.40. The van der Waals surface area contributed by atoms with Gasteiger partial charge in [0.1, 0.15) is 6.26 Å². The van der Waals surface area contributed by atoms with E-state index in [2.05, 4.69) is 25.5 Å². The molecule has 0 aromatic carbocycles. The summed E-state index contributed by atoms with van der Waals surface area (Å²) in [6.45, 7) is 0. The van der Waals surface area contributed by atoms with Crippen molar-refractivity contribution in [1.82, 2.24) is 21.0 Å². The molecule has 1 aliphatic carbocycles. The summed E-state index contributed by atoms with van der Waals surface area (Å²) < 4.78 is 4.53. The molecule has 0 spiro atoms. The lowest BCUT2D eigenvalue weighted by molar-refractivity contribution is 0.0841. The van der Waals surface area contributed by atoms with Gasteiger partial charge in [0.2, 0.25) is 0 Å². The standard InChI is InChI=1S/C11H10N4O3S/c16-9(7-3-4-18-15-7)13-14-10(17)11-12-8(5-19-11)6-1-2-6/h3-6H,1-2H2,(H,13,16)(H,14,17). The number of nitrogens with one attached hydrogen (secondary N) is 2. The fraction of sp³-hybridized carbons (Fsp3) is 0.273. The summed E-state index contributed by atoms with van der Waals surface area (Å²) in [7, 11) is 0. The number of nitrogens with zero attached hydrogens (tertiary/aromatic N) is 2. The molecular weight excluding hydrogens is 268 g/mol. The highest BCUT2D eigenvalue weighted by Gasteiger charge is 2.27. The summed E-state index contributed by atoms with van der Waals surface area (Å²) >= 11 is 1.27. The maximum atomic E-state index is 11.8. The molecule has 3 rings (SSSR count). The first kappa shape index (κ1) is 11.8. The van der Waals surface area contributed by atoms with Crippen LogP contribution in [-0.4, -0.2) is 22.0 Å². The van der Waals surface area contributed by atoms with E-state index >= 15 is 0 Å². The molecule has 19 heavy (non-hydrogen) atoms. The monoisotopic (exact) mass is 278 g/mol. The highest BCUT2D eigenvalue weighted by molar-refractivity contribution is 7.11. The van der Waals surface area contributed by atoms with Gasteiger partial charge in [-0.25, -0.2) is 4.98 Å². The zero-order valence-corrected chi connectivity index (χ0v) is 10.6. The van der Waals surface area contributed by atoms with Crippen LogP contribution in [0, 0.1) is 0 Å². The van der Waals surface area contributed by atoms with Crippen LogP contribution in [0.5, 0.6) is 0 Å². The zero-order valence-electron chi connectivity index (χ0n) is 9.75. The normalized spacial score (nSPS) is 14.1. The molecule has 0 saturated heterocycles. The molecule has 7 nitrogen and oxygen atoms in total. The number of carbonyl (C=O) groups is 2. The molecule has 2 aromatic rings. The maximum Gasteiger partial charge on any atom is 0.298 e. The van der Waals surface area contributed by atoms with Gasteiger partial charge >= 0.3 is 0 Å². The summed E-state index contributed by atoms with van der Waals surface area (Å²) in [5.74, 6) is -0.475. The van der Waals surface area contributed by atoms with Crippen molar-refractivity contribution in [3.63, 3.8) is 0 Å². The van der Waals surface area contributed by atoms with Crippen LogP contribution >= 0.6 is 11.3 Å². The third-order valence-corrected chi connectivity index (χ3v) is 3.53. The fourth-order valence-electron chi connectivity index (χ4n) is 1.52. The second kappa shape index (κ2) is 4.81. The Balaban J connectivity index is 1.57. The van der Waals surface area contributed by atoms with E-state index in [0.717, 1.165) is 18.5 Å². The average molecular weight is 278 g/mol. The predicted octanol–water partition coefficient (Wildman–Crippen LogP) is 1.08. The number of hydrogen-bond donors (Lipinski definition) is 2. The van der Waals surface area contributed by atoms with Crippen molar-refractivity contribution >= 4 is 23.2 Å². The molecule has 0 radical (unpaired) electrons. The van der Waals surface area contributed by atoms with Crippen molar-refractivity contribution in [1.29, 1.82) is 0 Å². The fourth-order valence-corrected chi connectivity index (χ4v) is 2.31. The van der Waals surface area contributed by atoms with Crippen molar-refractivity contribution in [2.24, 2.45) is 0 Å². The lowest BCUT2D eigenvalue weighted by Gasteiger charge is -2.02. The number of aromatic nitrogens is 2. The highest BCUT2D eigenvalue weighted by atomic mass is 32.1. The van der Waals surface area contributed by atoms with E-state index in [1.54, 1.807) is 0 Å². The van der Waals surface area contributed by atoms with Crippen LogP contribution in [0.4, 0.5) is 0 Å². The Kier molecular flexibility index (Phi) is 3.00. The van der Waals surface area contributed by atoms with Crippen LogP contribution in [0.1, 0.15) is 44.7 Å². The van der Waals surface area contributed by atoms with E-state index in [0.29, 0.717) is 10.9 Å². The highest BCUT2D eigenvalue weighted by Crippen LogP contribution is 2.40. The minimum Gasteiger partial charge on any atom is -0.364 e. The largest absolute Gasteiger partial charge is 0.364 e. The topological polar surface area (TPSA) is 97.1 Å². The summed E-state index contributed by atoms with van der Waals surface area (Å²) in [6.07, 6.45) is 3.54. The number of thiazole rings is 1. The minimum absolute atomic E-state index is 0.0955. The number of carbonyl (C=O) groups excluding carboxylic acids is 2. The predicted molar refractivity (Wildman–Crippen MR) is 65.5 cm³/mol. The van der Waals surface area contributed by atoms with Crippen LogP contribution in [0.25, 0.3) is 0 Å². The summed E-state index contributed by atoms with van der Waals surface area (Å²) in [5, 5.41) is 5.67. The van der Waals surface area contributed by atoms with Crippen molar-refractivity contribution < 1.29 is 14.1 Å². The molecule has 98 valence electrons. The van der Waals surface area contributed by atoms with E-state index in [1.165, 1.54) is 23.7 Å². The first-order valence-corrected chi connectivity index (χ1v) is 6.58. The van der Waals surface area contributed by atoms with E-state index in [1.807, 2.05) is 5.38 Å². The third kappa shape index (κ3) is 2.63. The third-order valence-electron chi connectivity index (χ3n) is 2.67. The molecule has 2 aromatic heterocycles. The molecule has 0 atom stereocenters. The van der Waals surface area contributed by atoms with Gasteiger partial charge < -0.3 is 4.52 Å². The zero-order chi connectivity index (χ0) is 13.2. The lowest BCUT2D eigenvalue weighted by atomic mass is 10.3. The molecule has 0 aliphatic heterocycles. The smallest absolute Gasteiger partial charge is 0.298 e. The van der Waals surface area contributed by atoms with Gasteiger partial charge in [0.15, 0.2) is 10.7 Å². The van der Waals surface area contributed by atoms with Crippen molar-refractivity contribution in [3.8, 4) is 0 Å². The second-order valence-electron chi connectivity index (χ2n) is 4.14. The number of amides is 2. The molecule has 2 N–H and O–H groups in total. The van der Waals surface area contributed by atoms with Gasteiger partial charge in [-0.05, 0) is 12.8 Å². The molecule has 2 heterocycles. The number of hydrazine groups is 1. The SMILES string of the molecule is O=C(NNC(=O)c1nc(C2CC2)cs1)c1ccon1. The Morgan fingerprint density at radius 3 is 2.79 bits per heavy atom. The Morgan fingerprint density at radius 1 is 1.32 bits per heavy atom. The molecule has 1 fully saturated rings. The lowest BCUT2D eigenvalue weighted by Crippen LogP contribution is -2.41. The van der Waals surface area contributed by atoms with E-state index in [4.69, 9.17) is 0 Å². The van der Waals surface area contributed by atoms with E-state index in [-0.39, 0.29) is 5.69 Å². The van der Waals surface area contributed by atoms with Crippen LogP contribution < -0.4 is 10.9 Å². The quantitative estimate of drug-likeness (QED) is 0.819. The number of rotatable bonds is 3. The second-order valence-corrected chi connectivity index (χ2v) is 5.00. The van der Waals surface area contributed by atoms with Gasteiger partial charge in [0, 0.05) is 17.4 Å². The average Bonchev–Trinajstić information content (AvgIpc) is 2.96. The number of hydrogen-bond acceptors (Lipinski definition) is 6.